The van der Waals surface area contributed by atoms with Crippen LogP contribution in [0.25, 0.3) is 0 Å². The number of rotatable bonds is 2. The number of fused-ring (bicyclic) bond motifs is 1. The standard InChI is InChI=1S/C20H21N3O4/c1-14(24)23-16-6-3-2-5-15(16)13-17(23)19(25)21-8-10-22(11-9-21)20(26)18-7-4-12-27-18/h2-7,12,17H,8-11,13H2,1H3/t17-/m0/s1. The molecule has 1 saturated heterocycles. The minimum atomic E-state index is -0.507. The molecule has 7 nitrogen and oxygen atoms in total. The van der Waals surface area contributed by atoms with Gasteiger partial charge in [0.1, 0.15) is 6.04 Å². The number of furan rings is 1. The highest BCUT2D eigenvalue weighted by molar-refractivity contribution is 6.02. The lowest BCUT2D eigenvalue weighted by molar-refractivity contribution is -0.135. The molecule has 2 aliphatic rings. The number of piperazine rings is 1. The SMILES string of the molecule is CC(=O)N1c2ccccc2C[C@H]1C(=O)N1CCN(C(=O)c2ccco2)CC1. The van der Waals surface area contributed by atoms with Crippen LogP contribution < -0.4 is 4.90 Å². The Balaban J connectivity index is 1.44. The number of amides is 3. The Morgan fingerprint density at radius 1 is 0.963 bits per heavy atom. The fraction of sp³-hybridized carbons (Fsp3) is 0.350. The molecular formula is C20H21N3O4. The lowest BCUT2D eigenvalue weighted by Crippen LogP contribution is -2.56. The Bertz CT molecular complexity index is 869. The summed E-state index contributed by atoms with van der Waals surface area (Å²) < 4.78 is 5.16. The van der Waals surface area contributed by atoms with E-state index in [-0.39, 0.29) is 17.7 Å². The third-order valence-corrected chi connectivity index (χ3v) is 5.21. The van der Waals surface area contributed by atoms with Crippen molar-refractivity contribution in [2.75, 3.05) is 31.1 Å². The van der Waals surface area contributed by atoms with E-state index in [0.29, 0.717) is 38.4 Å². The fourth-order valence-electron chi connectivity index (χ4n) is 3.87. The molecule has 0 unspecified atom stereocenters. The first-order valence-electron chi connectivity index (χ1n) is 9.05. The van der Waals surface area contributed by atoms with E-state index in [1.807, 2.05) is 24.3 Å². The van der Waals surface area contributed by atoms with Crippen LogP contribution in [0.15, 0.2) is 47.1 Å². The van der Waals surface area contributed by atoms with Crippen molar-refractivity contribution in [1.82, 2.24) is 9.80 Å². The van der Waals surface area contributed by atoms with Crippen LogP contribution in [0.5, 0.6) is 0 Å². The number of hydrogen-bond donors (Lipinski definition) is 0. The number of carbonyl (C=O) groups is 3. The summed E-state index contributed by atoms with van der Waals surface area (Å²) in [5.74, 6) is -0.0501. The van der Waals surface area contributed by atoms with Gasteiger partial charge in [0.25, 0.3) is 5.91 Å². The van der Waals surface area contributed by atoms with Crippen LogP contribution in [0.4, 0.5) is 5.69 Å². The maximum Gasteiger partial charge on any atom is 0.289 e. The van der Waals surface area contributed by atoms with Gasteiger partial charge in [-0.25, -0.2) is 0 Å². The third kappa shape index (κ3) is 3.09. The van der Waals surface area contributed by atoms with Gasteiger partial charge in [0, 0.05) is 45.2 Å². The summed E-state index contributed by atoms with van der Waals surface area (Å²) in [6, 6.07) is 10.4. The van der Waals surface area contributed by atoms with Gasteiger partial charge in [-0.2, -0.15) is 0 Å². The van der Waals surface area contributed by atoms with Gasteiger partial charge >= 0.3 is 0 Å². The average Bonchev–Trinajstić information content (AvgIpc) is 3.34. The largest absolute Gasteiger partial charge is 0.459 e. The third-order valence-electron chi connectivity index (χ3n) is 5.21. The summed E-state index contributed by atoms with van der Waals surface area (Å²) in [5.41, 5.74) is 1.83. The first-order chi connectivity index (χ1) is 13.1. The van der Waals surface area contributed by atoms with Crippen LogP contribution in [-0.2, 0) is 16.0 Å². The smallest absolute Gasteiger partial charge is 0.289 e. The first-order valence-corrected chi connectivity index (χ1v) is 9.05. The number of carbonyl (C=O) groups excluding carboxylic acids is 3. The molecule has 2 aromatic rings. The Kier molecular flexibility index (Phi) is 4.43. The van der Waals surface area contributed by atoms with E-state index in [9.17, 15) is 14.4 Å². The number of benzene rings is 1. The second kappa shape index (κ2) is 6.90. The van der Waals surface area contributed by atoms with Crippen molar-refractivity contribution in [3.63, 3.8) is 0 Å². The van der Waals surface area contributed by atoms with E-state index in [1.165, 1.54) is 13.2 Å². The highest BCUT2D eigenvalue weighted by atomic mass is 16.3. The second-order valence-corrected chi connectivity index (χ2v) is 6.83. The molecule has 7 heteroatoms. The Labute approximate surface area is 157 Å². The summed E-state index contributed by atoms with van der Waals surface area (Å²) in [4.78, 5) is 42.7. The summed E-state index contributed by atoms with van der Waals surface area (Å²) in [6.07, 6.45) is 2.00. The minimum absolute atomic E-state index is 0.0634. The molecule has 0 N–H and O–H groups in total. The van der Waals surface area contributed by atoms with Gasteiger partial charge in [0.15, 0.2) is 5.76 Å². The van der Waals surface area contributed by atoms with Gasteiger partial charge in [-0.05, 0) is 23.8 Å². The first kappa shape index (κ1) is 17.3. The molecular weight excluding hydrogens is 346 g/mol. The molecule has 0 saturated carbocycles. The lowest BCUT2D eigenvalue weighted by atomic mass is 10.1. The Hall–Kier alpha value is -3.09. The highest BCUT2D eigenvalue weighted by Crippen LogP contribution is 2.33. The zero-order valence-electron chi connectivity index (χ0n) is 15.1. The van der Waals surface area contributed by atoms with E-state index in [2.05, 4.69) is 0 Å². The average molecular weight is 367 g/mol. The molecule has 140 valence electrons. The van der Waals surface area contributed by atoms with Crippen molar-refractivity contribution < 1.29 is 18.8 Å². The summed E-state index contributed by atoms with van der Waals surface area (Å²) in [7, 11) is 0. The summed E-state index contributed by atoms with van der Waals surface area (Å²) in [5, 5.41) is 0. The van der Waals surface area contributed by atoms with Crippen LogP contribution >= 0.6 is 0 Å². The molecule has 2 aliphatic heterocycles. The molecule has 1 fully saturated rings. The maximum atomic E-state index is 13.1. The molecule has 27 heavy (non-hydrogen) atoms. The van der Waals surface area contributed by atoms with Crippen LogP contribution in [0.3, 0.4) is 0 Å². The normalized spacial score (nSPS) is 19.1. The van der Waals surface area contributed by atoms with Crippen molar-refractivity contribution in [1.29, 1.82) is 0 Å². The highest BCUT2D eigenvalue weighted by Gasteiger charge is 2.39. The van der Waals surface area contributed by atoms with Gasteiger partial charge in [0.05, 0.1) is 6.26 Å². The van der Waals surface area contributed by atoms with Crippen molar-refractivity contribution >= 4 is 23.4 Å². The van der Waals surface area contributed by atoms with Crippen molar-refractivity contribution in [3.05, 3.63) is 54.0 Å². The number of nitrogens with zero attached hydrogens (tertiary/aromatic N) is 3. The van der Waals surface area contributed by atoms with Gasteiger partial charge in [0.2, 0.25) is 11.8 Å². The topological polar surface area (TPSA) is 74.1 Å². The molecule has 0 spiro atoms. The molecule has 3 amide bonds. The molecule has 0 aliphatic carbocycles. The van der Waals surface area contributed by atoms with E-state index >= 15 is 0 Å². The number of para-hydroxylation sites is 1. The zero-order valence-corrected chi connectivity index (χ0v) is 15.1. The predicted octanol–water partition coefficient (Wildman–Crippen LogP) is 1.54. The second-order valence-electron chi connectivity index (χ2n) is 6.83. The molecule has 0 radical (unpaired) electrons. The van der Waals surface area contributed by atoms with Crippen LogP contribution in [-0.4, -0.2) is 59.7 Å². The van der Waals surface area contributed by atoms with Crippen molar-refractivity contribution in [2.45, 2.75) is 19.4 Å². The van der Waals surface area contributed by atoms with Crippen LogP contribution in [0, 0.1) is 0 Å². The minimum Gasteiger partial charge on any atom is -0.459 e. The van der Waals surface area contributed by atoms with Gasteiger partial charge in [-0.1, -0.05) is 18.2 Å². The number of anilines is 1. The van der Waals surface area contributed by atoms with Crippen molar-refractivity contribution in [2.24, 2.45) is 0 Å². The summed E-state index contributed by atoms with van der Waals surface area (Å²) >= 11 is 0. The predicted molar refractivity (Wildman–Crippen MR) is 98.3 cm³/mol. The van der Waals surface area contributed by atoms with Gasteiger partial charge in [-0.15, -0.1) is 0 Å². The molecule has 1 aromatic carbocycles. The lowest BCUT2D eigenvalue weighted by Gasteiger charge is -2.37. The van der Waals surface area contributed by atoms with Crippen LogP contribution in [0.2, 0.25) is 0 Å². The molecule has 4 rings (SSSR count). The van der Waals surface area contributed by atoms with E-state index in [1.54, 1.807) is 26.8 Å². The summed E-state index contributed by atoms with van der Waals surface area (Å²) in [6.45, 7) is 3.28. The molecule has 1 atom stereocenters. The van der Waals surface area contributed by atoms with Gasteiger partial charge < -0.3 is 14.2 Å². The Morgan fingerprint density at radius 2 is 1.67 bits per heavy atom. The zero-order chi connectivity index (χ0) is 19.0. The quantitative estimate of drug-likeness (QED) is 0.807. The van der Waals surface area contributed by atoms with E-state index in [0.717, 1.165) is 11.3 Å². The van der Waals surface area contributed by atoms with E-state index < -0.39 is 6.04 Å². The molecule has 1 aromatic heterocycles. The van der Waals surface area contributed by atoms with Gasteiger partial charge in [-0.3, -0.25) is 19.3 Å². The number of hydrogen-bond acceptors (Lipinski definition) is 4. The van der Waals surface area contributed by atoms with E-state index in [4.69, 9.17) is 4.42 Å². The molecule has 0 bridgehead atoms. The van der Waals surface area contributed by atoms with Crippen molar-refractivity contribution in [3.8, 4) is 0 Å². The monoisotopic (exact) mass is 367 g/mol. The fourth-order valence-corrected chi connectivity index (χ4v) is 3.87. The van der Waals surface area contributed by atoms with Crippen LogP contribution in [0.1, 0.15) is 23.0 Å². The molecule has 3 heterocycles. The Morgan fingerprint density at radius 3 is 2.33 bits per heavy atom. The maximum absolute atomic E-state index is 13.1.